The molecule has 3 aliphatic heterocycles. The van der Waals surface area contributed by atoms with Crippen LogP contribution in [0.25, 0.3) is 0 Å². The van der Waals surface area contributed by atoms with E-state index in [1.165, 1.54) is 20.3 Å². The van der Waals surface area contributed by atoms with E-state index < -0.39 is 95.8 Å². The van der Waals surface area contributed by atoms with Gasteiger partial charge in [0.25, 0.3) is 0 Å². The molecule has 7 N–H and O–H groups in total. The number of aliphatic hydroxyl groups is 3. The van der Waals surface area contributed by atoms with Gasteiger partial charge in [-0.2, -0.15) is 0 Å². The molecule has 3 heterocycles. The number of hydrogen-bond donors (Lipinski definition) is 7. The minimum atomic E-state index is -1.98. The van der Waals surface area contributed by atoms with E-state index in [-0.39, 0.29) is 39.7 Å². The number of esters is 3. The highest BCUT2D eigenvalue weighted by Crippen LogP contribution is 2.55. The van der Waals surface area contributed by atoms with Gasteiger partial charge in [0.15, 0.2) is 58.6 Å². The molecule has 0 amide bonds. The molecule has 1 fully saturated rings. The van der Waals surface area contributed by atoms with Crippen molar-refractivity contribution in [2.24, 2.45) is 0 Å². The Morgan fingerprint density at radius 2 is 1.63 bits per heavy atom. The minimum absolute atomic E-state index is 0.0752. The van der Waals surface area contributed by atoms with Crippen molar-refractivity contribution in [1.29, 1.82) is 0 Å². The summed E-state index contributed by atoms with van der Waals surface area (Å²) in [6.07, 6.45) is -9.07. The number of methoxy groups -OCH3 is 2. The average Bonchev–Trinajstić information content (AvgIpc) is 3.02. The average molecular weight is 647 g/mol. The van der Waals surface area contributed by atoms with Gasteiger partial charge >= 0.3 is 17.9 Å². The molecule has 0 radical (unpaired) electrons. The summed E-state index contributed by atoms with van der Waals surface area (Å²) in [4.78, 5) is 39.1. The second-order valence-electron chi connectivity index (χ2n) is 10.5. The van der Waals surface area contributed by atoms with Gasteiger partial charge in [0.2, 0.25) is 12.0 Å². The van der Waals surface area contributed by atoms with Crippen molar-refractivity contribution in [3.63, 3.8) is 0 Å². The highest BCUT2D eigenvalue weighted by atomic mass is 16.7. The van der Waals surface area contributed by atoms with Crippen LogP contribution in [0.5, 0.6) is 34.5 Å². The number of phenols is 4. The number of aliphatic hydroxyl groups excluding tert-OH is 3. The number of benzene rings is 2. The quantitative estimate of drug-likeness (QED) is 0.114. The van der Waals surface area contributed by atoms with E-state index in [4.69, 9.17) is 33.2 Å². The minimum Gasteiger partial charge on any atom is -0.504 e. The third-order valence-electron chi connectivity index (χ3n) is 7.91. The highest BCUT2D eigenvalue weighted by molar-refractivity contribution is 6.02. The maximum Gasteiger partial charge on any atom is 0.340 e. The Kier molecular flexibility index (Phi) is 7.55. The van der Waals surface area contributed by atoms with E-state index in [2.05, 4.69) is 0 Å². The molecule has 7 atom stereocenters. The maximum atomic E-state index is 13.2. The molecule has 1 aliphatic carbocycles. The predicted molar refractivity (Wildman–Crippen MR) is 144 cm³/mol. The normalized spacial score (nSPS) is 27.9. The number of hydrogen-bond acceptors (Lipinski definition) is 17. The lowest BCUT2D eigenvalue weighted by Crippen LogP contribution is -2.60. The van der Waals surface area contributed by atoms with Crippen LogP contribution in [0.2, 0.25) is 0 Å². The van der Waals surface area contributed by atoms with E-state index in [1.54, 1.807) is 0 Å². The molecule has 6 rings (SSSR count). The van der Waals surface area contributed by atoms with Gasteiger partial charge in [0.1, 0.15) is 12.2 Å². The second-order valence-corrected chi connectivity index (χ2v) is 10.5. The summed E-state index contributed by atoms with van der Waals surface area (Å²) in [5, 5.41) is 71.1. The second kappa shape index (κ2) is 11.3. The summed E-state index contributed by atoms with van der Waals surface area (Å²) in [6, 6.07) is 2.65. The number of carbonyl (C=O) groups excluding carboxylic acids is 3. The van der Waals surface area contributed by atoms with Crippen LogP contribution in [0.4, 0.5) is 0 Å². The van der Waals surface area contributed by atoms with Crippen LogP contribution in [-0.2, 0) is 28.5 Å². The summed E-state index contributed by atoms with van der Waals surface area (Å²) in [7, 11) is 2.45. The molecule has 0 bridgehead atoms. The molecule has 46 heavy (non-hydrogen) atoms. The lowest BCUT2D eigenvalue weighted by atomic mass is 9.76. The Morgan fingerprint density at radius 1 is 0.935 bits per heavy atom. The van der Waals surface area contributed by atoms with E-state index in [1.807, 2.05) is 0 Å². The van der Waals surface area contributed by atoms with Crippen LogP contribution < -0.4 is 9.47 Å². The molecular weight excluding hydrogens is 620 g/mol. The Labute approximate surface area is 257 Å². The lowest BCUT2D eigenvalue weighted by molar-refractivity contribution is -0.290. The third-order valence-corrected chi connectivity index (χ3v) is 7.91. The standard InChI is InChI=1S/C29H26O17/c1-40-21-13(33)5-9-16-17-10(28(39)44-23(16)21)6-14(22(41-2)24(17)45-27(9)38)42-29-20(36)25(19(35)15(7-30)43-29)46-26(37)8-3-11(31)18(34)12(32)4-8/h3-6,15,17,19-20,24-25,29-36H,7H2,1-2H3/t15-,17?,19-,20-,24?,25?,29-/m1/s1. The first-order chi connectivity index (χ1) is 21.9. The first kappa shape index (κ1) is 30.8. The van der Waals surface area contributed by atoms with Crippen molar-refractivity contribution in [3.05, 3.63) is 58.1 Å². The van der Waals surface area contributed by atoms with Gasteiger partial charge in [-0.25, -0.2) is 14.4 Å². The van der Waals surface area contributed by atoms with Crippen molar-refractivity contribution in [1.82, 2.24) is 0 Å². The summed E-state index contributed by atoms with van der Waals surface area (Å²) in [5.74, 6) is -7.96. The van der Waals surface area contributed by atoms with Crippen LogP contribution in [0.15, 0.2) is 41.4 Å². The molecule has 1 saturated heterocycles. The monoisotopic (exact) mass is 646 g/mol. The fourth-order valence-corrected chi connectivity index (χ4v) is 5.76. The molecular formula is C29H26O17. The molecule has 2 aromatic carbocycles. The first-order valence-electron chi connectivity index (χ1n) is 13.5. The zero-order valence-electron chi connectivity index (χ0n) is 23.8. The number of allylic oxidation sites excluding steroid dienone is 1. The number of carbonyl (C=O) groups is 3. The molecule has 17 nitrogen and oxygen atoms in total. The summed E-state index contributed by atoms with van der Waals surface area (Å²) < 4.78 is 38.4. The van der Waals surface area contributed by atoms with Crippen LogP contribution in [-0.4, -0.2) is 111 Å². The SMILES string of the molecule is COC1=C(O[C@@H]2O[C@H](CO)[C@@H](O)C(OC(=O)c3cc(O)c(O)c(O)c3)[C@H]2O)C=C2C(=O)Oc3c(OC)c(O)cc4c3C2C1OC4=O. The van der Waals surface area contributed by atoms with Crippen molar-refractivity contribution in [3.8, 4) is 34.5 Å². The van der Waals surface area contributed by atoms with Crippen molar-refractivity contribution in [2.45, 2.75) is 42.7 Å². The zero-order chi connectivity index (χ0) is 33.2. The number of aromatic hydroxyl groups is 4. The van der Waals surface area contributed by atoms with Gasteiger partial charge in [-0.1, -0.05) is 0 Å². The van der Waals surface area contributed by atoms with Gasteiger partial charge in [0.05, 0.1) is 43.4 Å². The van der Waals surface area contributed by atoms with Gasteiger partial charge in [0, 0.05) is 5.56 Å². The van der Waals surface area contributed by atoms with Crippen molar-refractivity contribution in [2.75, 3.05) is 20.8 Å². The Hall–Kier alpha value is -5.23. The smallest absolute Gasteiger partial charge is 0.340 e. The summed E-state index contributed by atoms with van der Waals surface area (Å²) in [5.41, 5.74) is -0.443. The largest absolute Gasteiger partial charge is 0.504 e. The van der Waals surface area contributed by atoms with E-state index in [9.17, 15) is 50.1 Å². The highest BCUT2D eigenvalue weighted by Gasteiger charge is 2.54. The van der Waals surface area contributed by atoms with Crippen LogP contribution in [0.3, 0.4) is 0 Å². The first-order valence-corrected chi connectivity index (χ1v) is 13.5. The van der Waals surface area contributed by atoms with Crippen molar-refractivity contribution >= 4 is 17.9 Å². The van der Waals surface area contributed by atoms with E-state index in [0.29, 0.717) is 0 Å². The molecule has 0 aromatic heterocycles. The molecule has 2 aromatic rings. The predicted octanol–water partition coefficient (Wildman–Crippen LogP) is -0.462. The van der Waals surface area contributed by atoms with Crippen LogP contribution >= 0.6 is 0 Å². The molecule has 0 spiro atoms. The fraction of sp³-hybridized carbons (Fsp3) is 0.345. The fourth-order valence-electron chi connectivity index (χ4n) is 5.76. The van der Waals surface area contributed by atoms with Gasteiger partial charge in [-0.05, 0) is 24.3 Å². The molecule has 17 heteroatoms. The number of rotatable bonds is 7. The topological polar surface area (TPSA) is 257 Å². The lowest BCUT2D eigenvalue weighted by Gasteiger charge is -2.43. The molecule has 244 valence electrons. The number of ether oxygens (including phenoxy) is 7. The Balaban J connectivity index is 1.34. The van der Waals surface area contributed by atoms with Crippen LogP contribution in [0.1, 0.15) is 32.2 Å². The zero-order valence-corrected chi connectivity index (χ0v) is 23.8. The van der Waals surface area contributed by atoms with Gasteiger partial charge in [-0.15, -0.1) is 0 Å². The Bertz CT molecular complexity index is 1690. The summed E-state index contributed by atoms with van der Waals surface area (Å²) >= 11 is 0. The van der Waals surface area contributed by atoms with Crippen LogP contribution in [0, 0.1) is 0 Å². The summed E-state index contributed by atoms with van der Waals surface area (Å²) in [6.45, 7) is -0.845. The number of phenolic OH excluding ortho intramolecular Hbond substituents is 4. The maximum absolute atomic E-state index is 13.2. The molecule has 0 saturated carbocycles. The third kappa shape index (κ3) is 4.67. The van der Waals surface area contributed by atoms with Gasteiger partial charge in [-0.3, -0.25) is 0 Å². The van der Waals surface area contributed by atoms with E-state index in [0.717, 1.165) is 18.2 Å². The van der Waals surface area contributed by atoms with Gasteiger partial charge < -0.3 is 68.9 Å². The van der Waals surface area contributed by atoms with E-state index >= 15 is 0 Å². The molecule has 3 unspecified atom stereocenters. The molecule has 4 aliphatic rings. The Morgan fingerprint density at radius 3 is 2.26 bits per heavy atom. The van der Waals surface area contributed by atoms with Crippen molar-refractivity contribution < 1.29 is 83.3 Å².